The van der Waals surface area contributed by atoms with E-state index in [0.717, 1.165) is 33.8 Å². The smallest absolute Gasteiger partial charge is 0.274 e. The first-order chi connectivity index (χ1) is 15.9. The van der Waals surface area contributed by atoms with Crippen molar-refractivity contribution in [2.75, 3.05) is 13.1 Å². The van der Waals surface area contributed by atoms with Gasteiger partial charge in [0.05, 0.1) is 10.6 Å². The zero-order valence-corrected chi connectivity index (χ0v) is 21.4. The molecule has 1 atom stereocenters. The van der Waals surface area contributed by atoms with Crippen molar-refractivity contribution in [1.29, 1.82) is 0 Å². The molecule has 1 aromatic carbocycles. The van der Waals surface area contributed by atoms with E-state index < -0.39 is 0 Å². The van der Waals surface area contributed by atoms with Crippen molar-refractivity contribution in [2.45, 2.75) is 32.7 Å². The highest BCUT2D eigenvalue weighted by Gasteiger charge is 2.33. The second-order valence-corrected chi connectivity index (χ2v) is 11.3. The van der Waals surface area contributed by atoms with Crippen LogP contribution < -0.4 is 5.32 Å². The average Bonchev–Trinajstić information content (AvgIpc) is 3.55. The Morgan fingerprint density at radius 3 is 2.94 bits per heavy atom. The van der Waals surface area contributed by atoms with E-state index in [9.17, 15) is 9.59 Å². The van der Waals surface area contributed by atoms with E-state index in [0.29, 0.717) is 34.1 Å². The molecule has 5 rings (SSSR count). The molecule has 1 fully saturated rings. The quantitative estimate of drug-likeness (QED) is 0.387. The number of hydrogen-bond acceptors (Lipinski definition) is 6. The van der Waals surface area contributed by atoms with Gasteiger partial charge in [-0.2, -0.15) is 0 Å². The Morgan fingerprint density at radius 1 is 1.27 bits per heavy atom. The Hall–Kier alpha value is -2.56. The molecule has 0 aliphatic carbocycles. The van der Waals surface area contributed by atoms with Gasteiger partial charge in [0.1, 0.15) is 11.4 Å². The van der Waals surface area contributed by atoms with Crippen LogP contribution in [0.2, 0.25) is 0 Å². The lowest BCUT2D eigenvalue weighted by atomic mass is 10.1. The maximum atomic E-state index is 13.5. The summed E-state index contributed by atoms with van der Waals surface area (Å²) in [6, 6.07) is 8.02. The fraction of sp³-hybridized carbons (Fsp3) is 0.304. The molecule has 1 aliphatic heterocycles. The topological polar surface area (TPSA) is 79.6 Å². The van der Waals surface area contributed by atoms with Crippen LogP contribution in [0.3, 0.4) is 0 Å². The summed E-state index contributed by atoms with van der Waals surface area (Å²) in [6.45, 7) is 4.92. The first-order valence-electron chi connectivity index (χ1n) is 10.7. The van der Waals surface area contributed by atoms with Crippen LogP contribution in [-0.2, 0) is 0 Å². The number of rotatable bonds is 5. The minimum Gasteiger partial charge on any atom is -0.349 e. The highest BCUT2D eigenvalue weighted by molar-refractivity contribution is 9.11. The van der Waals surface area contributed by atoms with E-state index in [1.807, 2.05) is 52.9 Å². The number of fused-ring (bicyclic) bond motifs is 1. The Balaban J connectivity index is 1.34. The lowest BCUT2D eigenvalue weighted by Crippen LogP contribution is -2.43. The summed E-state index contributed by atoms with van der Waals surface area (Å²) in [5.41, 5.74) is 3.83. The highest BCUT2D eigenvalue weighted by Crippen LogP contribution is 2.35. The molecule has 2 amide bonds. The summed E-state index contributed by atoms with van der Waals surface area (Å²) in [6.07, 6.45) is 3.60. The summed E-state index contributed by atoms with van der Waals surface area (Å²) in [5, 5.41) is 4.94. The summed E-state index contributed by atoms with van der Waals surface area (Å²) < 4.78 is 2.50. The Kier molecular flexibility index (Phi) is 6.07. The van der Waals surface area contributed by atoms with Gasteiger partial charge < -0.3 is 10.2 Å². The fourth-order valence-electron chi connectivity index (χ4n) is 4.33. The largest absolute Gasteiger partial charge is 0.349 e. The van der Waals surface area contributed by atoms with E-state index in [4.69, 9.17) is 0 Å². The predicted molar refractivity (Wildman–Crippen MR) is 134 cm³/mol. The van der Waals surface area contributed by atoms with E-state index in [2.05, 4.69) is 37.3 Å². The Morgan fingerprint density at radius 2 is 2.12 bits per heavy atom. The second kappa shape index (κ2) is 9.00. The number of imidazole rings is 1. The average molecular weight is 545 g/mol. The number of carbonyl (C=O) groups is 2. The van der Waals surface area contributed by atoms with Gasteiger partial charge in [0.25, 0.3) is 11.8 Å². The van der Waals surface area contributed by atoms with Gasteiger partial charge in [0, 0.05) is 30.7 Å². The van der Waals surface area contributed by atoms with Crippen LogP contribution in [0.25, 0.3) is 15.4 Å². The van der Waals surface area contributed by atoms with E-state index >= 15 is 0 Å². The molecular formula is C23H22BrN5O2S2. The lowest BCUT2D eigenvalue weighted by Gasteiger charge is -2.24. The van der Waals surface area contributed by atoms with Gasteiger partial charge in [-0.1, -0.05) is 29.8 Å². The molecule has 1 N–H and O–H groups in total. The summed E-state index contributed by atoms with van der Waals surface area (Å²) >= 11 is 6.42. The maximum Gasteiger partial charge on any atom is 0.274 e. The number of amides is 2. The molecule has 1 saturated heterocycles. The van der Waals surface area contributed by atoms with E-state index in [1.54, 1.807) is 0 Å². The number of likely N-dealkylation sites (tertiary alicyclic amines) is 1. The molecule has 33 heavy (non-hydrogen) atoms. The number of nitrogens with zero attached hydrogens (tertiary/aromatic N) is 4. The Bertz CT molecular complexity index is 1360. The third-order valence-electron chi connectivity index (χ3n) is 5.87. The molecule has 170 valence electrons. The van der Waals surface area contributed by atoms with Gasteiger partial charge in [-0.15, -0.1) is 22.7 Å². The van der Waals surface area contributed by atoms with Gasteiger partial charge >= 0.3 is 0 Å². The number of thiazole rings is 2. The number of aromatic nitrogens is 3. The van der Waals surface area contributed by atoms with Crippen molar-refractivity contribution in [3.05, 3.63) is 62.4 Å². The molecule has 3 aromatic heterocycles. The molecule has 0 radical (unpaired) electrons. The second-order valence-electron chi connectivity index (χ2n) is 8.12. The summed E-state index contributed by atoms with van der Waals surface area (Å²) in [7, 11) is 0. The number of aryl methyl sites for hydroxylation is 2. The van der Waals surface area contributed by atoms with Crippen LogP contribution in [0.15, 0.2) is 39.8 Å². The minimum absolute atomic E-state index is 0.0709. The molecule has 7 nitrogen and oxygen atoms in total. The zero-order valence-electron chi connectivity index (χ0n) is 18.2. The van der Waals surface area contributed by atoms with Crippen molar-refractivity contribution in [3.63, 3.8) is 0 Å². The van der Waals surface area contributed by atoms with Crippen LogP contribution in [0, 0.1) is 13.8 Å². The minimum atomic E-state index is -0.172. The number of hydrogen-bond donors (Lipinski definition) is 1. The van der Waals surface area contributed by atoms with Crippen molar-refractivity contribution in [3.8, 4) is 10.4 Å². The molecule has 0 spiro atoms. The number of benzene rings is 1. The van der Waals surface area contributed by atoms with Gasteiger partial charge in [-0.3, -0.25) is 14.0 Å². The van der Waals surface area contributed by atoms with Crippen molar-refractivity contribution >= 4 is 55.4 Å². The highest BCUT2D eigenvalue weighted by atomic mass is 79.9. The third-order valence-corrected chi connectivity index (χ3v) is 8.18. The van der Waals surface area contributed by atoms with Crippen molar-refractivity contribution < 1.29 is 9.59 Å². The van der Waals surface area contributed by atoms with Crippen LogP contribution in [0.4, 0.5) is 0 Å². The number of carbonyl (C=O) groups excluding carboxylic acids is 2. The number of nitrogens with one attached hydrogen (secondary N) is 1. The van der Waals surface area contributed by atoms with E-state index in [1.165, 1.54) is 22.7 Å². The SMILES string of the molecule is Cc1cccc(-c2sc(Br)nc2C(=O)N2CCC[C@H]2CNC(=O)c2c(C)nc3sccn23)c1. The summed E-state index contributed by atoms with van der Waals surface area (Å²) in [4.78, 5) is 38.9. The third kappa shape index (κ3) is 4.22. The van der Waals surface area contributed by atoms with Crippen molar-refractivity contribution in [1.82, 2.24) is 24.6 Å². The zero-order chi connectivity index (χ0) is 23.1. The van der Waals surface area contributed by atoms with Gasteiger partial charge in [-0.05, 0) is 48.2 Å². The standard InChI is InChI=1S/C23H22BrN5O2S2/c1-13-5-3-6-15(11-13)19-17(27-22(24)33-19)21(31)28-8-4-7-16(28)12-25-20(30)18-14(2)26-23-29(18)9-10-32-23/h3,5-6,9-11,16H,4,7-8,12H2,1-2H3,(H,25,30)/t16-/m0/s1. The maximum absolute atomic E-state index is 13.5. The van der Waals surface area contributed by atoms with Gasteiger partial charge in [-0.25, -0.2) is 9.97 Å². The van der Waals surface area contributed by atoms with Gasteiger partial charge in [0.2, 0.25) is 0 Å². The molecule has 0 unspecified atom stereocenters. The molecule has 4 aromatic rings. The van der Waals surface area contributed by atoms with Crippen LogP contribution in [0.1, 0.15) is 45.1 Å². The molecule has 10 heteroatoms. The Labute approximate surface area is 207 Å². The summed E-state index contributed by atoms with van der Waals surface area (Å²) in [5.74, 6) is -0.263. The molecule has 0 bridgehead atoms. The number of halogens is 1. The lowest BCUT2D eigenvalue weighted by molar-refractivity contribution is 0.0720. The van der Waals surface area contributed by atoms with Crippen LogP contribution >= 0.6 is 38.6 Å². The van der Waals surface area contributed by atoms with E-state index in [-0.39, 0.29) is 17.9 Å². The normalized spacial score (nSPS) is 16.0. The van der Waals surface area contributed by atoms with Crippen LogP contribution in [0.5, 0.6) is 0 Å². The van der Waals surface area contributed by atoms with Crippen LogP contribution in [-0.4, -0.2) is 50.2 Å². The fourth-order valence-corrected chi connectivity index (χ4v) is 6.54. The molecule has 0 saturated carbocycles. The molecule has 1 aliphatic rings. The monoisotopic (exact) mass is 543 g/mol. The molecular weight excluding hydrogens is 522 g/mol. The first-order valence-corrected chi connectivity index (χ1v) is 13.2. The van der Waals surface area contributed by atoms with Gasteiger partial charge in [0.15, 0.2) is 8.88 Å². The molecule has 4 heterocycles. The van der Waals surface area contributed by atoms with Crippen molar-refractivity contribution in [2.24, 2.45) is 0 Å². The first kappa shape index (κ1) is 22.2. The predicted octanol–water partition coefficient (Wildman–Crippen LogP) is 4.93.